The van der Waals surface area contributed by atoms with Crippen LogP contribution in [0, 0.1) is 11.7 Å². The fourth-order valence-electron chi connectivity index (χ4n) is 2.62. The van der Waals surface area contributed by atoms with E-state index in [1.807, 2.05) is 0 Å². The summed E-state index contributed by atoms with van der Waals surface area (Å²) < 4.78 is 73.4. The van der Waals surface area contributed by atoms with E-state index in [2.05, 4.69) is 0 Å². The predicted octanol–water partition coefficient (Wildman–Crippen LogP) is 3.47. The van der Waals surface area contributed by atoms with Crippen molar-refractivity contribution in [3.05, 3.63) is 29.6 Å². The van der Waals surface area contributed by atoms with Crippen molar-refractivity contribution in [1.82, 2.24) is 4.90 Å². The lowest BCUT2D eigenvalue weighted by Crippen LogP contribution is -2.42. The first-order valence-corrected chi connectivity index (χ1v) is 10.2. The van der Waals surface area contributed by atoms with Crippen LogP contribution < -0.4 is 0 Å². The summed E-state index contributed by atoms with van der Waals surface area (Å²) in [5.74, 6) is -3.06. The second-order valence-electron chi connectivity index (χ2n) is 5.31. The van der Waals surface area contributed by atoms with Crippen LogP contribution in [0.4, 0.5) is 17.6 Å². The molecule has 2 rings (SSSR count). The summed E-state index contributed by atoms with van der Waals surface area (Å²) in [6.45, 7) is -0.102. The highest BCUT2D eigenvalue weighted by atomic mass is 127. The standard InChI is InChI=1S/C13H11ClF4INO3S/c14-24(22,23)10-2-1-9(15)6-8(10)5-7-3-4-20(11(7)19)12(21)13(16,17)18/h1-2,6-7,11H,3-5H2. The molecule has 0 aliphatic carbocycles. The molecule has 0 spiro atoms. The minimum atomic E-state index is -4.97. The Morgan fingerprint density at radius 2 is 2.00 bits per heavy atom. The van der Waals surface area contributed by atoms with Crippen LogP contribution in [0.5, 0.6) is 0 Å². The van der Waals surface area contributed by atoms with Crippen molar-refractivity contribution < 1.29 is 30.8 Å². The zero-order valence-electron chi connectivity index (χ0n) is 11.9. The maximum absolute atomic E-state index is 13.4. The monoisotopic (exact) mass is 499 g/mol. The summed E-state index contributed by atoms with van der Waals surface area (Å²) in [5, 5.41) is 0. The van der Waals surface area contributed by atoms with Gasteiger partial charge in [-0.3, -0.25) is 4.79 Å². The Balaban J connectivity index is 2.25. The van der Waals surface area contributed by atoms with Crippen LogP contribution in [0.15, 0.2) is 23.1 Å². The SMILES string of the molecule is O=C(N1CCC(Cc2cc(F)ccc2S(=O)(=O)Cl)C1I)C(F)(F)F. The summed E-state index contributed by atoms with van der Waals surface area (Å²) in [4.78, 5) is 11.8. The summed E-state index contributed by atoms with van der Waals surface area (Å²) in [6, 6.07) is 2.95. The van der Waals surface area contributed by atoms with Gasteiger partial charge in [0, 0.05) is 17.2 Å². The minimum absolute atomic E-state index is 0.00567. The third-order valence-electron chi connectivity index (χ3n) is 3.70. The number of hydrogen-bond donors (Lipinski definition) is 0. The van der Waals surface area contributed by atoms with E-state index in [0.29, 0.717) is 4.90 Å². The highest BCUT2D eigenvalue weighted by Crippen LogP contribution is 2.36. The number of rotatable bonds is 3. The second kappa shape index (κ2) is 6.94. The van der Waals surface area contributed by atoms with Crippen molar-refractivity contribution in [2.45, 2.75) is 28.0 Å². The van der Waals surface area contributed by atoms with Gasteiger partial charge in [-0.25, -0.2) is 12.8 Å². The van der Waals surface area contributed by atoms with Gasteiger partial charge in [-0.05, 0) is 42.5 Å². The molecular formula is C13H11ClF4INO3S. The van der Waals surface area contributed by atoms with Gasteiger partial charge in [-0.1, -0.05) is 22.6 Å². The van der Waals surface area contributed by atoms with E-state index in [4.69, 9.17) is 10.7 Å². The Morgan fingerprint density at radius 1 is 1.38 bits per heavy atom. The average molecular weight is 500 g/mol. The smallest absolute Gasteiger partial charge is 0.323 e. The average Bonchev–Trinajstić information content (AvgIpc) is 2.77. The molecular weight excluding hydrogens is 489 g/mol. The molecule has 0 saturated carbocycles. The Labute approximate surface area is 153 Å². The molecule has 2 unspecified atom stereocenters. The maximum Gasteiger partial charge on any atom is 0.471 e. The molecule has 1 fully saturated rings. The number of amides is 1. The first-order chi connectivity index (χ1) is 10.9. The summed E-state index contributed by atoms with van der Waals surface area (Å²) in [5.41, 5.74) is 0.0815. The number of hydrogen-bond acceptors (Lipinski definition) is 3. The fourth-order valence-corrected chi connectivity index (χ4v) is 4.91. The van der Waals surface area contributed by atoms with E-state index < -0.39 is 36.9 Å². The van der Waals surface area contributed by atoms with Gasteiger partial charge in [-0.15, -0.1) is 0 Å². The second-order valence-corrected chi connectivity index (χ2v) is 9.12. The van der Waals surface area contributed by atoms with Gasteiger partial charge >= 0.3 is 12.1 Å². The summed E-state index contributed by atoms with van der Waals surface area (Å²) >= 11 is 1.71. The Bertz CT molecular complexity index is 756. The molecule has 1 aliphatic rings. The van der Waals surface area contributed by atoms with Crippen molar-refractivity contribution in [3.63, 3.8) is 0 Å². The molecule has 1 amide bonds. The first-order valence-electron chi connectivity index (χ1n) is 6.66. The van der Waals surface area contributed by atoms with Crippen LogP contribution in [0.2, 0.25) is 0 Å². The number of carbonyl (C=O) groups excluding carboxylic acids is 1. The Hall–Kier alpha value is -0.620. The van der Waals surface area contributed by atoms with Crippen LogP contribution in [0.25, 0.3) is 0 Å². The third kappa shape index (κ3) is 4.31. The number of alkyl halides is 4. The van der Waals surface area contributed by atoms with Gasteiger partial charge in [0.1, 0.15) is 5.82 Å². The van der Waals surface area contributed by atoms with Gasteiger partial charge < -0.3 is 4.90 Å². The normalized spacial score (nSPS) is 22.0. The predicted molar refractivity (Wildman–Crippen MR) is 86.8 cm³/mol. The van der Waals surface area contributed by atoms with Gasteiger partial charge in [0.15, 0.2) is 0 Å². The molecule has 4 nitrogen and oxygen atoms in total. The Kier molecular flexibility index (Phi) is 5.70. The highest BCUT2D eigenvalue weighted by Gasteiger charge is 2.47. The van der Waals surface area contributed by atoms with Gasteiger partial charge in [-0.2, -0.15) is 13.2 Å². The molecule has 1 aliphatic heterocycles. The largest absolute Gasteiger partial charge is 0.471 e. The number of nitrogens with zero attached hydrogens (tertiary/aromatic N) is 1. The molecule has 0 aromatic heterocycles. The van der Waals surface area contributed by atoms with Crippen LogP contribution >= 0.6 is 33.3 Å². The first kappa shape index (κ1) is 19.7. The number of likely N-dealkylation sites (tertiary alicyclic amines) is 1. The van der Waals surface area contributed by atoms with Crippen molar-refractivity contribution in [2.24, 2.45) is 5.92 Å². The molecule has 0 bridgehead atoms. The summed E-state index contributed by atoms with van der Waals surface area (Å²) in [6.07, 6.45) is -4.73. The number of halogens is 6. The molecule has 1 heterocycles. The number of carbonyl (C=O) groups is 1. The number of benzene rings is 1. The van der Waals surface area contributed by atoms with Crippen molar-refractivity contribution in [3.8, 4) is 0 Å². The van der Waals surface area contributed by atoms with E-state index in [1.54, 1.807) is 22.6 Å². The summed E-state index contributed by atoms with van der Waals surface area (Å²) in [7, 11) is 1.19. The molecule has 1 aromatic carbocycles. The van der Waals surface area contributed by atoms with Crippen molar-refractivity contribution in [2.75, 3.05) is 6.54 Å². The van der Waals surface area contributed by atoms with E-state index in [0.717, 1.165) is 18.2 Å². The van der Waals surface area contributed by atoms with E-state index in [1.165, 1.54) is 0 Å². The van der Waals surface area contributed by atoms with Crippen molar-refractivity contribution in [1.29, 1.82) is 0 Å². The fraction of sp³-hybridized carbons (Fsp3) is 0.462. The molecule has 1 saturated heterocycles. The molecule has 1 aromatic rings. The van der Waals surface area contributed by atoms with Crippen LogP contribution in [-0.2, 0) is 20.3 Å². The van der Waals surface area contributed by atoms with Gasteiger partial charge in [0.25, 0.3) is 9.05 Å². The lowest BCUT2D eigenvalue weighted by molar-refractivity contribution is -0.184. The molecule has 134 valence electrons. The lowest BCUT2D eigenvalue weighted by Gasteiger charge is -2.24. The van der Waals surface area contributed by atoms with Crippen LogP contribution in [0.1, 0.15) is 12.0 Å². The van der Waals surface area contributed by atoms with Crippen molar-refractivity contribution >= 4 is 48.2 Å². The third-order valence-corrected chi connectivity index (χ3v) is 6.81. The lowest BCUT2D eigenvalue weighted by atomic mass is 9.98. The molecule has 2 atom stereocenters. The zero-order valence-corrected chi connectivity index (χ0v) is 15.6. The molecule has 24 heavy (non-hydrogen) atoms. The van der Waals surface area contributed by atoms with Crippen LogP contribution in [-0.4, -0.2) is 36.0 Å². The zero-order chi connectivity index (χ0) is 18.3. The highest BCUT2D eigenvalue weighted by molar-refractivity contribution is 14.1. The minimum Gasteiger partial charge on any atom is -0.323 e. The Morgan fingerprint density at radius 3 is 2.54 bits per heavy atom. The van der Waals surface area contributed by atoms with Gasteiger partial charge in [0.2, 0.25) is 0 Å². The van der Waals surface area contributed by atoms with E-state index in [9.17, 15) is 30.8 Å². The van der Waals surface area contributed by atoms with Crippen LogP contribution in [0.3, 0.4) is 0 Å². The topological polar surface area (TPSA) is 54.5 Å². The van der Waals surface area contributed by atoms with Gasteiger partial charge in [0.05, 0.1) is 8.94 Å². The van der Waals surface area contributed by atoms with E-state index >= 15 is 0 Å². The van der Waals surface area contributed by atoms with E-state index in [-0.39, 0.29) is 29.8 Å². The molecule has 0 radical (unpaired) electrons. The maximum atomic E-state index is 13.4. The quantitative estimate of drug-likeness (QED) is 0.210. The molecule has 0 N–H and O–H groups in total. The molecule has 11 heteroatoms.